The Bertz CT molecular complexity index is 770. The smallest absolute Gasteiger partial charge is 0.222 e. The van der Waals surface area contributed by atoms with Gasteiger partial charge in [-0.3, -0.25) is 0 Å². The lowest BCUT2D eigenvalue weighted by Gasteiger charge is -2.20. The molecule has 3 rings (SSSR count). The lowest BCUT2D eigenvalue weighted by atomic mass is 9.93. The molecule has 0 amide bonds. The van der Waals surface area contributed by atoms with Gasteiger partial charge in [0.05, 0.1) is 0 Å². The highest BCUT2D eigenvalue weighted by atomic mass is 16.5. The summed E-state index contributed by atoms with van der Waals surface area (Å²) >= 11 is 0. The zero-order chi connectivity index (χ0) is 20.8. The lowest BCUT2D eigenvalue weighted by Crippen LogP contribution is -2.14. The standard InChI is InChI=1S/C20H28N2O.C4H9N/c1-7-17(11-21)18-10-15(5)22-20(16(18)6)23-19-13(3)8-12(2)9-14(19)4;5-3-4-1-2-4/h8-10,17H,7,11,21H2,1-6H3;4H,1-3,5H2. The van der Waals surface area contributed by atoms with E-state index in [0.717, 1.165) is 47.0 Å². The number of ether oxygens (including phenoxy) is 1. The highest BCUT2D eigenvalue weighted by Crippen LogP contribution is 2.34. The summed E-state index contributed by atoms with van der Waals surface area (Å²) in [6.07, 6.45) is 3.79. The summed E-state index contributed by atoms with van der Waals surface area (Å²) in [7, 11) is 0. The Balaban J connectivity index is 0.000000485. The molecule has 4 N–H and O–H groups in total. The van der Waals surface area contributed by atoms with E-state index in [2.05, 4.69) is 57.8 Å². The second-order valence-electron chi connectivity index (χ2n) is 8.13. The number of pyridine rings is 1. The van der Waals surface area contributed by atoms with Gasteiger partial charge in [0.2, 0.25) is 5.88 Å². The Kier molecular flexibility index (Phi) is 8.02. The normalized spacial score (nSPS) is 14.3. The van der Waals surface area contributed by atoms with Gasteiger partial charge in [0.15, 0.2) is 0 Å². The zero-order valence-corrected chi connectivity index (χ0v) is 18.4. The second-order valence-corrected chi connectivity index (χ2v) is 8.13. The molecule has 1 aromatic heterocycles. The van der Waals surface area contributed by atoms with Crippen molar-refractivity contribution in [3.05, 3.63) is 51.7 Å². The van der Waals surface area contributed by atoms with Crippen LogP contribution in [0.1, 0.15) is 65.6 Å². The van der Waals surface area contributed by atoms with Crippen molar-refractivity contribution in [3.8, 4) is 11.6 Å². The van der Waals surface area contributed by atoms with Gasteiger partial charge in [-0.25, -0.2) is 4.98 Å². The first-order chi connectivity index (χ1) is 13.3. The topological polar surface area (TPSA) is 74.2 Å². The van der Waals surface area contributed by atoms with Gasteiger partial charge in [0.25, 0.3) is 0 Å². The van der Waals surface area contributed by atoms with E-state index < -0.39 is 0 Å². The molecule has 1 heterocycles. The van der Waals surface area contributed by atoms with Crippen LogP contribution in [0.15, 0.2) is 18.2 Å². The molecule has 1 aliphatic rings. The van der Waals surface area contributed by atoms with Gasteiger partial charge in [0.1, 0.15) is 5.75 Å². The van der Waals surface area contributed by atoms with Crippen molar-refractivity contribution in [2.24, 2.45) is 17.4 Å². The third-order valence-corrected chi connectivity index (χ3v) is 5.45. The predicted octanol–water partition coefficient (Wildman–Crippen LogP) is 5.22. The van der Waals surface area contributed by atoms with E-state index in [9.17, 15) is 0 Å². The second kappa shape index (κ2) is 10.0. The van der Waals surface area contributed by atoms with Gasteiger partial charge < -0.3 is 16.2 Å². The first kappa shape index (κ1) is 22.4. The molecule has 4 nitrogen and oxygen atoms in total. The van der Waals surface area contributed by atoms with Crippen LogP contribution in [0.25, 0.3) is 0 Å². The molecule has 0 spiro atoms. The van der Waals surface area contributed by atoms with Gasteiger partial charge in [-0.2, -0.15) is 0 Å². The van der Waals surface area contributed by atoms with E-state index >= 15 is 0 Å². The minimum absolute atomic E-state index is 0.347. The highest BCUT2D eigenvalue weighted by Gasteiger charge is 2.18. The number of nitrogens with two attached hydrogens (primary N) is 2. The van der Waals surface area contributed by atoms with Gasteiger partial charge in [-0.05, 0) is 102 Å². The maximum Gasteiger partial charge on any atom is 0.222 e. The van der Waals surface area contributed by atoms with Crippen LogP contribution >= 0.6 is 0 Å². The summed E-state index contributed by atoms with van der Waals surface area (Å²) in [4.78, 5) is 4.62. The number of nitrogens with zero attached hydrogens (tertiary/aromatic N) is 1. The van der Waals surface area contributed by atoms with Crippen molar-refractivity contribution in [2.75, 3.05) is 13.1 Å². The molecule has 28 heavy (non-hydrogen) atoms. The number of aromatic nitrogens is 1. The largest absolute Gasteiger partial charge is 0.438 e. The molecule has 0 bridgehead atoms. The summed E-state index contributed by atoms with van der Waals surface area (Å²) in [6.45, 7) is 14.1. The Morgan fingerprint density at radius 1 is 1.04 bits per heavy atom. The van der Waals surface area contributed by atoms with Crippen LogP contribution in [0.4, 0.5) is 0 Å². The van der Waals surface area contributed by atoms with Crippen LogP contribution in [-0.2, 0) is 0 Å². The number of aryl methyl sites for hydroxylation is 4. The number of rotatable bonds is 6. The molecule has 1 unspecified atom stereocenters. The molecule has 0 radical (unpaired) electrons. The molecular formula is C24H37N3O. The van der Waals surface area contributed by atoms with E-state index in [1.165, 1.54) is 24.0 Å². The molecule has 1 aliphatic carbocycles. The molecule has 2 aromatic rings. The monoisotopic (exact) mass is 383 g/mol. The first-order valence-corrected chi connectivity index (χ1v) is 10.4. The number of hydrogen-bond donors (Lipinski definition) is 2. The van der Waals surface area contributed by atoms with Crippen molar-refractivity contribution in [1.82, 2.24) is 4.98 Å². The molecule has 0 aliphatic heterocycles. The van der Waals surface area contributed by atoms with Crippen molar-refractivity contribution >= 4 is 0 Å². The van der Waals surface area contributed by atoms with E-state index in [4.69, 9.17) is 16.2 Å². The highest BCUT2D eigenvalue weighted by molar-refractivity contribution is 5.47. The first-order valence-electron chi connectivity index (χ1n) is 10.4. The van der Waals surface area contributed by atoms with Crippen LogP contribution in [-0.4, -0.2) is 18.1 Å². The molecule has 154 valence electrons. The fraction of sp³-hybridized carbons (Fsp3) is 0.542. The lowest BCUT2D eigenvalue weighted by molar-refractivity contribution is 0.448. The quantitative estimate of drug-likeness (QED) is 0.717. The maximum absolute atomic E-state index is 6.23. The minimum atomic E-state index is 0.347. The van der Waals surface area contributed by atoms with E-state index in [1.54, 1.807) is 0 Å². The maximum atomic E-state index is 6.23. The van der Waals surface area contributed by atoms with Crippen molar-refractivity contribution < 1.29 is 4.74 Å². The Morgan fingerprint density at radius 2 is 1.64 bits per heavy atom. The van der Waals surface area contributed by atoms with E-state index in [0.29, 0.717) is 18.3 Å². The van der Waals surface area contributed by atoms with Crippen LogP contribution in [0.5, 0.6) is 11.6 Å². The van der Waals surface area contributed by atoms with Crippen molar-refractivity contribution in [2.45, 2.75) is 66.7 Å². The molecule has 4 heteroatoms. The average molecular weight is 384 g/mol. The third-order valence-electron chi connectivity index (χ3n) is 5.45. The molecule has 1 saturated carbocycles. The number of benzene rings is 1. The number of hydrogen-bond acceptors (Lipinski definition) is 4. The van der Waals surface area contributed by atoms with Crippen molar-refractivity contribution in [3.63, 3.8) is 0 Å². The van der Waals surface area contributed by atoms with Crippen LogP contribution < -0.4 is 16.2 Å². The molecule has 1 aromatic carbocycles. The zero-order valence-electron chi connectivity index (χ0n) is 18.4. The molecule has 1 atom stereocenters. The van der Waals surface area contributed by atoms with Gasteiger partial charge in [-0.1, -0.05) is 24.6 Å². The summed E-state index contributed by atoms with van der Waals surface area (Å²) in [6, 6.07) is 6.42. The fourth-order valence-corrected chi connectivity index (χ4v) is 3.55. The molecule has 0 saturated heterocycles. The van der Waals surface area contributed by atoms with Crippen molar-refractivity contribution in [1.29, 1.82) is 0 Å². The Labute approximate surface area is 170 Å². The summed E-state index contributed by atoms with van der Waals surface area (Å²) < 4.78 is 6.23. The summed E-state index contributed by atoms with van der Waals surface area (Å²) in [5.74, 6) is 2.86. The molecular weight excluding hydrogens is 346 g/mol. The average Bonchev–Trinajstić information content (AvgIpc) is 3.47. The van der Waals surface area contributed by atoms with Crippen LogP contribution in [0.2, 0.25) is 0 Å². The Hall–Kier alpha value is -1.91. The van der Waals surface area contributed by atoms with E-state index in [-0.39, 0.29) is 0 Å². The van der Waals surface area contributed by atoms with Crippen LogP contribution in [0.3, 0.4) is 0 Å². The summed E-state index contributed by atoms with van der Waals surface area (Å²) in [5.41, 5.74) is 18.0. The Morgan fingerprint density at radius 3 is 2.07 bits per heavy atom. The SMILES string of the molecule is CCC(CN)c1cc(C)nc(Oc2c(C)cc(C)cc2C)c1C.NCC1CC1. The van der Waals surface area contributed by atoms with Gasteiger partial charge in [0, 0.05) is 11.3 Å². The van der Waals surface area contributed by atoms with Gasteiger partial charge >= 0.3 is 0 Å². The molecule has 1 fully saturated rings. The van der Waals surface area contributed by atoms with Gasteiger partial charge in [-0.15, -0.1) is 0 Å². The minimum Gasteiger partial charge on any atom is -0.438 e. The van der Waals surface area contributed by atoms with E-state index in [1.807, 2.05) is 6.92 Å². The summed E-state index contributed by atoms with van der Waals surface area (Å²) in [5, 5.41) is 0. The predicted molar refractivity (Wildman–Crippen MR) is 118 cm³/mol. The fourth-order valence-electron chi connectivity index (χ4n) is 3.55. The third kappa shape index (κ3) is 5.79. The van der Waals surface area contributed by atoms with Crippen LogP contribution in [0, 0.1) is 40.5 Å².